The molecule has 2 aromatic rings. The molecule has 2 amide bonds. The molecule has 0 fully saturated rings. The van der Waals surface area contributed by atoms with Gasteiger partial charge in [-0.1, -0.05) is 6.07 Å². The van der Waals surface area contributed by atoms with Crippen molar-refractivity contribution < 1.29 is 14.0 Å². The maximum Gasteiger partial charge on any atom is 0.261 e. The molecule has 0 bridgehead atoms. The fourth-order valence-electron chi connectivity index (χ4n) is 3.05. The lowest BCUT2D eigenvalue weighted by Gasteiger charge is -2.30. The third-order valence-corrected chi connectivity index (χ3v) is 4.03. The molecule has 0 saturated carbocycles. The highest BCUT2D eigenvalue weighted by molar-refractivity contribution is 6.08. The van der Waals surface area contributed by atoms with Gasteiger partial charge < -0.3 is 15.1 Å². The maximum absolute atomic E-state index is 12.8. The second kappa shape index (κ2) is 5.33. The summed E-state index contributed by atoms with van der Waals surface area (Å²) < 4.78 is 5.45. The monoisotopic (exact) mass is 298 g/mol. The Morgan fingerprint density at radius 2 is 2.00 bits per heavy atom. The zero-order chi connectivity index (χ0) is 15.9. The van der Waals surface area contributed by atoms with Crippen LogP contribution < -0.4 is 10.6 Å². The highest BCUT2D eigenvalue weighted by Crippen LogP contribution is 2.31. The zero-order valence-corrected chi connectivity index (χ0v) is 12.7. The number of anilines is 1. The van der Waals surface area contributed by atoms with Crippen LogP contribution in [0.25, 0.3) is 0 Å². The highest BCUT2D eigenvalue weighted by Gasteiger charge is 2.28. The fraction of sp³-hybridized carbons (Fsp3) is 0.294. The van der Waals surface area contributed by atoms with Crippen LogP contribution in [0.3, 0.4) is 0 Å². The summed E-state index contributed by atoms with van der Waals surface area (Å²) in [6, 6.07) is 7.09. The van der Waals surface area contributed by atoms with Crippen LogP contribution in [0.15, 0.2) is 28.7 Å². The molecule has 1 aromatic heterocycles. The fourth-order valence-corrected chi connectivity index (χ4v) is 3.05. The van der Waals surface area contributed by atoms with Gasteiger partial charge in [-0.15, -0.1) is 0 Å². The topological polar surface area (TPSA) is 76.5 Å². The first-order valence-electron chi connectivity index (χ1n) is 7.29. The lowest BCUT2D eigenvalue weighted by atomic mass is 9.95. The molecule has 3 rings (SSSR count). The summed E-state index contributed by atoms with van der Waals surface area (Å²) in [5.74, 6) is 0.767. The summed E-state index contributed by atoms with van der Waals surface area (Å²) in [7, 11) is 0. The van der Waals surface area contributed by atoms with Gasteiger partial charge in [0.1, 0.15) is 11.5 Å². The Kier molecular flexibility index (Phi) is 3.48. The van der Waals surface area contributed by atoms with Crippen molar-refractivity contribution in [3.05, 3.63) is 52.5 Å². The van der Waals surface area contributed by atoms with Crippen LogP contribution in [-0.2, 0) is 6.42 Å². The molecule has 1 aliphatic heterocycles. The van der Waals surface area contributed by atoms with Gasteiger partial charge in [-0.05, 0) is 50.5 Å². The summed E-state index contributed by atoms with van der Waals surface area (Å²) in [5.41, 5.74) is 8.12. The van der Waals surface area contributed by atoms with Crippen LogP contribution in [0.2, 0.25) is 0 Å². The van der Waals surface area contributed by atoms with E-state index < -0.39 is 5.91 Å². The summed E-state index contributed by atoms with van der Waals surface area (Å²) in [5, 5.41) is 0. The van der Waals surface area contributed by atoms with Gasteiger partial charge in [-0.3, -0.25) is 9.59 Å². The quantitative estimate of drug-likeness (QED) is 0.925. The van der Waals surface area contributed by atoms with E-state index in [1.165, 1.54) is 0 Å². The third-order valence-electron chi connectivity index (χ3n) is 4.03. The smallest absolute Gasteiger partial charge is 0.261 e. The standard InChI is InChI=1S/C17H18N2O3/c1-10-9-14(11(2)22-10)17(21)19-8-4-6-12-13(16(18)20)5-3-7-15(12)19/h3,5,7,9H,4,6,8H2,1-2H3,(H2,18,20). The minimum Gasteiger partial charge on any atom is -0.466 e. The second-order valence-electron chi connectivity index (χ2n) is 5.55. The number of hydrogen-bond donors (Lipinski definition) is 1. The van der Waals surface area contributed by atoms with Crippen molar-refractivity contribution in [1.82, 2.24) is 0 Å². The van der Waals surface area contributed by atoms with Crippen molar-refractivity contribution in [2.75, 3.05) is 11.4 Å². The Balaban J connectivity index is 2.05. The molecule has 0 aliphatic carbocycles. The van der Waals surface area contributed by atoms with Crippen LogP contribution in [0, 0.1) is 13.8 Å². The van der Waals surface area contributed by atoms with Gasteiger partial charge in [0.05, 0.1) is 5.56 Å². The number of carbonyl (C=O) groups is 2. The van der Waals surface area contributed by atoms with Gasteiger partial charge in [0.15, 0.2) is 0 Å². The number of furan rings is 1. The van der Waals surface area contributed by atoms with E-state index >= 15 is 0 Å². The summed E-state index contributed by atoms with van der Waals surface area (Å²) in [6.45, 7) is 4.22. The Morgan fingerprint density at radius 3 is 2.64 bits per heavy atom. The normalized spacial score (nSPS) is 13.8. The number of fused-ring (bicyclic) bond motifs is 1. The number of hydrogen-bond acceptors (Lipinski definition) is 3. The lowest BCUT2D eigenvalue weighted by molar-refractivity contribution is 0.0976. The van der Waals surface area contributed by atoms with Crippen LogP contribution in [0.1, 0.15) is 44.2 Å². The predicted octanol–water partition coefficient (Wildman–Crippen LogP) is 2.59. The number of benzene rings is 1. The highest BCUT2D eigenvalue weighted by atomic mass is 16.3. The minimum absolute atomic E-state index is 0.100. The average Bonchev–Trinajstić information content (AvgIpc) is 2.83. The molecule has 1 aromatic carbocycles. The van der Waals surface area contributed by atoms with E-state index in [0.29, 0.717) is 29.2 Å². The van der Waals surface area contributed by atoms with Gasteiger partial charge >= 0.3 is 0 Å². The Morgan fingerprint density at radius 1 is 1.23 bits per heavy atom. The van der Waals surface area contributed by atoms with E-state index in [2.05, 4.69) is 0 Å². The number of aryl methyl sites for hydroxylation is 2. The molecule has 1 aliphatic rings. The Hall–Kier alpha value is -2.56. The van der Waals surface area contributed by atoms with Crippen molar-refractivity contribution >= 4 is 17.5 Å². The Bertz CT molecular complexity index is 761. The number of primary amides is 1. The van der Waals surface area contributed by atoms with Gasteiger partial charge in [-0.2, -0.15) is 0 Å². The lowest BCUT2D eigenvalue weighted by Crippen LogP contribution is -2.36. The SMILES string of the molecule is Cc1cc(C(=O)N2CCCc3c(C(N)=O)cccc32)c(C)o1. The number of carbonyl (C=O) groups excluding carboxylic acids is 2. The number of rotatable bonds is 2. The zero-order valence-electron chi connectivity index (χ0n) is 12.7. The summed E-state index contributed by atoms with van der Waals surface area (Å²) >= 11 is 0. The van der Waals surface area contributed by atoms with Crippen LogP contribution in [0.5, 0.6) is 0 Å². The number of amides is 2. The van der Waals surface area contributed by atoms with Crippen molar-refractivity contribution in [2.24, 2.45) is 5.73 Å². The van der Waals surface area contributed by atoms with E-state index in [9.17, 15) is 9.59 Å². The molecular formula is C17H18N2O3. The van der Waals surface area contributed by atoms with Gasteiger partial charge in [-0.25, -0.2) is 0 Å². The molecule has 2 heterocycles. The molecule has 114 valence electrons. The van der Waals surface area contributed by atoms with Crippen LogP contribution >= 0.6 is 0 Å². The van der Waals surface area contributed by atoms with E-state index in [1.807, 2.05) is 13.0 Å². The Labute approximate surface area is 128 Å². The van der Waals surface area contributed by atoms with Crippen molar-refractivity contribution in [1.29, 1.82) is 0 Å². The predicted molar refractivity (Wildman–Crippen MR) is 83.1 cm³/mol. The van der Waals surface area contributed by atoms with E-state index in [0.717, 1.165) is 24.1 Å². The first-order valence-corrected chi connectivity index (χ1v) is 7.29. The summed E-state index contributed by atoms with van der Waals surface area (Å²) in [4.78, 5) is 26.1. The first-order chi connectivity index (χ1) is 10.5. The van der Waals surface area contributed by atoms with Gasteiger partial charge in [0.2, 0.25) is 5.91 Å². The second-order valence-corrected chi connectivity index (χ2v) is 5.55. The van der Waals surface area contributed by atoms with Crippen molar-refractivity contribution in [2.45, 2.75) is 26.7 Å². The number of nitrogens with zero attached hydrogens (tertiary/aromatic N) is 1. The minimum atomic E-state index is -0.457. The van der Waals surface area contributed by atoms with Crippen LogP contribution in [0.4, 0.5) is 5.69 Å². The van der Waals surface area contributed by atoms with E-state index in [4.69, 9.17) is 10.2 Å². The van der Waals surface area contributed by atoms with Crippen molar-refractivity contribution in [3.8, 4) is 0 Å². The summed E-state index contributed by atoms with van der Waals surface area (Å²) in [6.07, 6.45) is 1.56. The molecule has 5 heteroatoms. The molecule has 22 heavy (non-hydrogen) atoms. The molecule has 0 unspecified atom stereocenters. The molecule has 0 saturated heterocycles. The molecule has 5 nitrogen and oxygen atoms in total. The maximum atomic E-state index is 12.8. The molecule has 0 atom stereocenters. The largest absolute Gasteiger partial charge is 0.466 e. The molecule has 0 spiro atoms. The molecule has 2 N–H and O–H groups in total. The van der Waals surface area contributed by atoms with E-state index in [-0.39, 0.29) is 5.91 Å². The first kappa shape index (κ1) is 14.4. The third kappa shape index (κ3) is 2.28. The molecular weight excluding hydrogens is 280 g/mol. The van der Waals surface area contributed by atoms with Gasteiger partial charge in [0, 0.05) is 17.8 Å². The van der Waals surface area contributed by atoms with Gasteiger partial charge in [0.25, 0.3) is 5.91 Å². The average molecular weight is 298 g/mol. The molecule has 0 radical (unpaired) electrons. The van der Waals surface area contributed by atoms with Crippen LogP contribution in [-0.4, -0.2) is 18.4 Å². The van der Waals surface area contributed by atoms with E-state index in [1.54, 1.807) is 30.0 Å². The van der Waals surface area contributed by atoms with Crippen molar-refractivity contribution in [3.63, 3.8) is 0 Å². The number of nitrogens with two attached hydrogens (primary N) is 1.